The van der Waals surface area contributed by atoms with E-state index in [4.69, 9.17) is 0 Å². The van der Waals surface area contributed by atoms with E-state index in [1.165, 1.54) is 24.1 Å². The van der Waals surface area contributed by atoms with E-state index in [0.29, 0.717) is 5.41 Å². The van der Waals surface area contributed by atoms with Gasteiger partial charge in [0.1, 0.15) is 0 Å². The first-order valence-electron chi connectivity index (χ1n) is 7.62. The van der Waals surface area contributed by atoms with Crippen LogP contribution in [0.3, 0.4) is 0 Å². The minimum absolute atomic E-state index is 0.451. The molecule has 1 aliphatic carbocycles. The van der Waals surface area contributed by atoms with Gasteiger partial charge in [-0.05, 0) is 80.0 Å². The molecule has 1 nitrogen and oxygen atoms in total. The Kier molecular flexibility index (Phi) is 4.73. The summed E-state index contributed by atoms with van der Waals surface area (Å²) in [4.78, 5) is 1.53. The number of hydrogen-bond donors (Lipinski definition) is 1. The van der Waals surface area contributed by atoms with Crippen LogP contribution in [0, 0.1) is 24.2 Å². The molecule has 0 saturated heterocycles. The molecule has 0 spiro atoms. The second-order valence-electron chi connectivity index (χ2n) is 7.23. The van der Waals surface area contributed by atoms with Crippen molar-refractivity contribution in [2.24, 2.45) is 17.3 Å². The van der Waals surface area contributed by atoms with Gasteiger partial charge in [0.15, 0.2) is 0 Å². The van der Waals surface area contributed by atoms with Crippen molar-refractivity contribution in [1.82, 2.24) is 5.32 Å². The molecule has 2 heteroatoms. The Morgan fingerprint density at radius 2 is 2.05 bits per heavy atom. The lowest BCUT2D eigenvalue weighted by atomic mass is 9.64. The van der Waals surface area contributed by atoms with Crippen molar-refractivity contribution in [2.75, 3.05) is 13.6 Å². The Bertz CT molecular complexity index is 402. The van der Waals surface area contributed by atoms with Gasteiger partial charge in [-0.15, -0.1) is 11.3 Å². The molecule has 0 bridgehead atoms. The van der Waals surface area contributed by atoms with Crippen LogP contribution in [0.1, 0.15) is 56.4 Å². The largest absolute Gasteiger partial charge is 0.319 e. The smallest absolute Gasteiger partial charge is 0.00491 e. The zero-order chi connectivity index (χ0) is 14.0. The summed E-state index contributed by atoms with van der Waals surface area (Å²) in [5.41, 5.74) is 2.08. The van der Waals surface area contributed by atoms with E-state index >= 15 is 0 Å². The summed E-state index contributed by atoms with van der Waals surface area (Å²) >= 11 is 1.91. The minimum atomic E-state index is 0.451. The average molecular weight is 279 g/mol. The summed E-state index contributed by atoms with van der Waals surface area (Å²) in [6.45, 7) is 10.7. The molecule has 2 rings (SSSR count). The fourth-order valence-electron chi connectivity index (χ4n) is 3.69. The molecule has 0 aromatic carbocycles. The van der Waals surface area contributed by atoms with Crippen LogP contribution in [0.5, 0.6) is 0 Å². The van der Waals surface area contributed by atoms with Crippen molar-refractivity contribution in [3.05, 3.63) is 21.9 Å². The average Bonchev–Trinajstić information content (AvgIpc) is 2.75. The Balaban J connectivity index is 2.20. The molecular formula is C17H29NS. The van der Waals surface area contributed by atoms with Gasteiger partial charge in [-0.2, -0.15) is 0 Å². The molecule has 0 radical (unpaired) electrons. The first kappa shape index (κ1) is 15.1. The number of rotatable bonds is 3. The van der Waals surface area contributed by atoms with Gasteiger partial charge < -0.3 is 5.32 Å². The topological polar surface area (TPSA) is 12.0 Å². The normalized spacial score (nSPS) is 28.6. The van der Waals surface area contributed by atoms with Crippen LogP contribution in [0.15, 0.2) is 11.4 Å². The summed E-state index contributed by atoms with van der Waals surface area (Å²) in [7, 11) is 2.09. The van der Waals surface area contributed by atoms with Crippen molar-refractivity contribution >= 4 is 11.3 Å². The van der Waals surface area contributed by atoms with Crippen molar-refractivity contribution in [3.63, 3.8) is 0 Å². The van der Waals surface area contributed by atoms with E-state index in [-0.39, 0.29) is 0 Å². The van der Waals surface area contributed by atoms with Gasteiger partial charge in [0, 0.05) is 4.88 Å². The summed E-state index contributed by atoms with van der Waals surface area (Å²) < 4.78 is 0. The monoisotopic (exact) mass is 279 g/mol. The van der Waals surface area contributed by atoms with E-state index < -0.39 is 0 Å². The highest BCUT2D eigenvalue weighted by molar-refractivity contribution is 7.10. The lowest BCUT2D eigenvalue weighted by Crippen LogP contribution is -2.34. The predicted octanol–water partition coefficient (Wildman–Crippen LogP) is 4.82. The summed E-state index contributed by atoms with van der Waals surface area (Å²) in [6, 6.07) is 2.37. The highest BCUT2D eigenvalue weighted by Gasteiger charge is 2.36. The Morgan fingerprint density at radius 3 is 2.58 bits per heavy atom. The Morgan fingerprint density at radius 1 is 1.32 bits per heavy atom. The molecule has 3 unspecified atom stereocenters. The molecule has 1 saturated carbocycles. The zero-order valence-electron chi connectivity index (χ0n) is 13.1. The third-order valence-corrected chi connectivity index (χ3v) is 5.84. The van der Waals surface area contributed by atoms with Crippen LogP contribution in [0.25, 0.3) is 0 Å². The molecule has 0 amide bonds. The number of aryl methyl sites for hydroxylation is 1. The highest BCUT2D eigenvalue weighted by atomic mass is 32.1. The van der Waals surface area contributed by atoms with E-state index in [9.17, 15) is 0 Å². The third kappa shape index (κ3) is 3.41. The first-order valence-corrected chi connectivity index (χ1v) is 8.50. The molecule has 1 heterocycles. The van der Waals surface area contributed by atoms with Gasteiger partial charge in [0.05, 0.1) is 0 Å². The van der Waals surface area contributed by atoms with Crippen molar-refractivity contribution < 1.29 is 0 Å². The Hall–Kier alpha value is -0.340. The molecular weight excluding hydrogens is 250 g/mol. The van der Waals surface area contributed by atoms with E-state index in [2.05, 4.69) is 51.5 Å². The van der Waals surface area contributed by atoms with Crippen LogP contribution in [0.2, 0.25) is 0 Å². The number of nitrogens with one attached hydrogen (secondary N) is 1. The molecule has 0 aliphatic heterocycles. The lowest BCUT2D eigenvalue weighted by Gasteiger charge is -2.42. The second kappa shape index (κ2) is 5.97. The summed E-state index contributed by atoms with van der Waals surface area (Å²) in [5.74, 6) is 2.44. The van der Waals surface area contributed by atoms with Gasteiger partial charge in [-0.3, -0.25) is 0 Å². The minimum Gasteiger partial charge on any atom is -0.319 e. The van der Waals surface area contributed by atoms with E-state index in [1.54, 1.807) is 5.56 Å². The zero-order valence-corrected chi connectivity index (χ0v) is 13.9. The maximum absolute atomic E-state index is 3.41. The fraction of sp³-hybridized carbons (Fsp3) is 0.765. The molecule has 1 fully saturated rings. The summed E-state index contributed by atoms with van der Waals surface area (Å²) in [6.07, 6.45) is 4.14. The van der Waals surface area contributed by atoms with Crippen LogP contribution in [0.4, 0.5) is 0 Å². The van der Waals surface area contributed by atoms with Gasteiger partial charge in [-0.1, -0.05) is 20.8 Å². The Labute approximate surface area is 122 Å². The van der Waals surface area contributed by atoms with Crippen molar-refractivity contribution in [3.8, 4) is 0 Å². The summed E-state index contributed by atoms with van der Waals surface area (Å²) in [5, 5.41) is 5.67. The standard InChI is InChI=1S/C17H29NS/c1-12-15(8-9-19-12)16-10-14(17(2,3)4)7-6-13(16)11-18-5/h8-9,13-14,16,18H,6-7,10-11H2,1-5H3. The molecule has 3 atom stereocenters. The van der Waals surface area contributed by atoms with Crippen LogP contribution < -0.4 is 5.32 Å². The van der Waals surface area contributed by atoms with Crippen molar-refractivity contribution in [1.29, 1.82) is 0 Å². The van der Waals surface area contributed by atoms with E-state index in [0.717, 1.165) is 24.3 Å². The molecule has 1 aromatic rings. The molecule has 1 N–H and O–H groups in total. The van der Waals surface area contributed by atoms with Crippen LogP contribution in [-0.4, -0.2) is 13.6 Å². The van der Waals surface area contributed by atoms with Gasteiger partial charge in [-0.25, -0.2) is 0 Å². The lowest BCUT2D eigenvalue weighted by molar-refractivity contribution is 0.130. The third-order valence-electron chi connectivity index (χ3n) is 4.98. The maximum atomic E-state index is 3.41. The fourth-order valence-corrected chi connectivity index (χ4v) is 4.46. The molecule has 1 aliphatic rings. The van der Waals surface area contributed by atoms with Crippen molar-refractivity contribution in [2.45, 2.75) is 52.9 Å². The number of thiophene rings is 1. The molecule has 19 heavy (non-hydrogen) atoms. The van der Waals surface area contributed by atoms with Gasteiger partial charge >= 0.3 is 0 Å². The van der Waals surface area contributed by atoms with E-state index in [1.807, 2.05) is 11.3 Å². The van der Waals surface area contributed by atoms with Crippen LogP contribution >= 0.6 is 11.3 Å². The van der Waals surface area contributed by atoms with Crippen LogP contribution in [-0.2, 0) is 0 Å². The SMILES string of the molecule is CNCC1CCC(C(C)(C)C)CC1c1ccsc1C. The number of hydrogen-bond acceptors (Lipinski definition) is 2. The quantitative estimate of drug-likeness (QED) is 0.836. The maximum Gasteiger partial charge on any atom is 0.00491 e. The van der Waals surface area contributed by atoms with Gasteiger partial charge in [0.2, 0.25) is 0 Å². The molecule has 1 aromatic heterocycles. The van der Waals surface area contributed by atoms with Gasteiger partial charge in [0.25, 0.3) is 0 Å². The first-order chi connectivity index (χ1) is 8.93. The molecule has 108 valence electrons. The second-order valence-corrected chi connectivity index (χ2v) is 8.35. The highest BCUT2D eigenvalue weighted by Crippen LogP contribution is 2.47. The predicted molar refractivity (Wildman–Crippen MR) is 86.0 cm³/mol.